The summed E-state index contributed by atoms with van der Waals surface area (Å²) in [4.78, 5) is 39.2. The van der Waals surface area contributed by atoms with Crippen LogP contribution >= 0.6 is 0 Å². The van der Waals surface area contributed by atoms with E-state index in [2.05, 4.69) is 32.1 Å². The number of nitrogens with one attached hydrogen (secondary N) is 1. The average molecular weight is 572 g/mol. The van der Waals surface area contributed by atoms with Crippen molar-refractivity contribution in [3.63, 3.8) is 0 Å². The number of carbonyl (C=O) groups is 2. The Morgan fingerprint density at radius 3 is 2.54 bits per heavy atom. The molecule has 4 heterocycles. The highest BCUT2D eigenvalue weighted by Crippen LogP contribution is 2.32. The number of likely N-dealkylation sites (N-methyl/N-ethyl adjacent to an activating group) is 1. The second kappa shape index (κ2) is 13.9. The molecule has 1 unspecified atom stereocenters. The quantitative estimate of drug-likeness (QED) is 0.372. The number of hydrogen-bond donors (Lipinski definition) is 4. The molecule has 2 amide bonds. The lowest BCUT2D eigenvalue weighted by Crippen LogP contribution is -2.42. The maximum atomic E-state index is 12.3. The molecule has 2 saturated heterocycles. The van der Waals surface area contributed by atoms with Crippen molar-refractivity contribution in [1.82, 2.24) is 29.7 Å². The van der Waals surface area contributed by atoms with E-state index in [1.54, 1.807) is 11.8 Å². The summed E-state index contributed by atoms with van der Waals surface area (Å²) >= 11 is 0. The van der Waals surface area contributed by atoms with Gasteiger partial charge in [-0.15, -0.1) is 0 Å². The van der Waals surface area contributed by atoms with Gasteiger partial charge in [-0.05, 0) is 50.4 Å². The lowest BCUT2D eigenvalue weighted by atomic mass is 9.86. The number of aromatic nitrogens is 4. The summed E-state index contributed by atoms with van der Waals surface area (Å²) < 4.78 is 12.6. The molecule has 1 saturated carbocycles. The zero-order valence-electron chi connectivity index (χ0n) is 24.0. The third-order valence-electron chi connectivity index (χ3n) is 7.70. The molecule has 224 valence electrons. The highest BCUT2D eigenvalue weighted by Gasteiger charge is 2.47. The summed E-state index contributed by atoms with van der Waals surface area (Å²) in [5.74, 6) is 6.74. The Labute approximate surface area is 239 Å². The van der Waals surface area contributed by atoms with Crippen LogP contribution in [0.25, 0.3) is 11.2 Å². The lowest BCUT2D eigenvalue weighted by Gasteiger charge is -2.32. The van der Waals surface area contributed by atoms with Gasteiger partial charge in [-0.2, -0.15) is 0 Å². The number of piperidine rings is 1. The van der Waals surface area contributed by atoms with Gasteiger partial charge in [-0.1, -0.05) is 26.2 Å². The Bertz CT molecular complexity index is 1260. The minimum absolute atomic E-state index is 0.116. The van der Waals surface area contributed by atoms with Gasteiger partial charge >= 0.3 is 6.09 Å². The number of hydrogen-bond acceptors (Lipinski definition) is 10. The van der Waals surface area contributed by atoms with Gasteiger partial charge in [0.05, 0.1) is 12.9 Å². The van der Waals surface area contributed by atoms with Crippen LogP contribution in [0, 0.1) is 23.7 Å². The molecule has 0 bridgehead atoms. The van der Waals surface area contributed by atoms with Crippen molar-refractivity contribution < 1.29 is 29.3 Å². The van der Waals surface area contributed by atoms with Crippen LogP contribution in [0.2, 0.25) is 0 Å². The molecule has 2 aromatic rings. The van der Waals surface area contributed by atoms with E-state index in [0.717, 1.165) is 25.7 Å². The molecule has 3 fully saturated rings. The number of nitrogen functional groups attached to an aromatic ring is 1. The molecule has 13 nitrogen and oxygen atoms in total. The minimum Gasteiger partial charge on any atom is -0.449 e. The van der Waals surface area contributed by atoms with E-state index in [9.17, 15) is 19.8 Å². The third-order valence-corrected chi connectivity index (χ3v) is 7.70. The van der Waals surface area contributed by atoms with E-state index in [1.807, 2.05) is 13.8 Å². The van der Waals surface area contributed by atoms with E-state index in [1.165, 1.54) is 17.3 Å². The Kier molecular flexibility index (Phi) is 10.4. The standard InChI is InChI=1S/C26H35N7O6.C2H6/c1-2-28-24(36)21-19(34)20(35)25(39-21)33-14-29-18-22(27)30-17(31-23(18)33)8-4-5-15-9-11-32(12-10-15)26(37)38-13-16-6-3-7-16;1-2/h14-16,19-21,25,34-35H,2-3,5-7,9-13H2,1H3,(H,28,36)(H2,27,30,31);1-2H3/t19-,20?,21+,25-;/m1./s1. The van der Waals surface area contributed by atoms with Crippen LogP contribution in [-0.4, -0.2) is 91.2 Å². The number of nitrogens with two attached hydrogens (primary N) is 1. The number of aliphatic hydroxyl groups excluding tert-OH is 2. The first kappa shape index (κ1) is 30.5. The predicted octanol–water partition coefficient (Wildman–Crippen LogP) is 1.58. The molecule has 0 radical (unpaired) electrons. The van der Waals surface area contributed by atoms with Gasteiger partial charge < -0.3 is 35.6 Å². The zero-order valence-corrected chi connectivity index (χ0v) is 24.0. The second-order valence-electron chi connectivity index (χ2n) is 10.4. The van der Waals surface area contributed by atoms with Crippen molar-refractivity contribution in [3.05, 3.63) is 12.2 Å². The van der Waals surface area contributed by atoms with Gasteiger partial charge in [0, 0.05) is 26.1 Å². The summed E-state index contributed by atoms with van der Waals surface area (Å²) in [6.45, 7) is 7.93. The Hall–Kier alpha value is -3.47. The number of anilines is 1. The summed E-state index contributed by atoms with van der Waals surface area (Å²) in [5.41, 5.74) is 6.67. The zero-order chi connectivity index (χ0) is 29.5. The molecule has 5 rings (SSSR count). The summed E-state index contributed by atoms with van der Waals surface area (Å²) in [5, 5.41) is 23.5. The van der Waals surface area contributed by atoms with E-state index in [4.69, 9.17) is 15.2 Å². The predicted molar refractivity (Wildman–Crippen MR) is 150 cm³/mol. The number of fused-ring (bicyclic) bond motifs is 1. The molecule has 1 aliphatic carbocycles. The first-order valence-corrected chi connectivity index (χ1v) is 14.6. The molecule has 5 N–H and O–H groups in total. The first-order chi connectivity index (χ1) is 19.9. The van der Waals surface area contributed by atoms with Gasteiger partial charge in [-0.25, -0.2) is 19.7 Å². The van der Waals surface area contributed by atoms with Crippen molar-refractivity contribution in [2.24, 2.45) is 11.8 Å². The molecule has 2 aliphatic heterocycles. The van der Waals surface area contributed by atoms with Crippen LogP contribution in [0.4, 0.5) is 10.6 Å². The number of imidazole rings is 1. The molecule has 0 aromatic carbocycles. The van der Waals surface area contributed by atoms with Crippen molar-refractivity contribution in [2.45, 2.75) is 83.8 Å². The van der Waals surface area contributed by atoms with Crippen LogP contribution < -0.4 is 11.1 Å². The van der Waals surface area contributed by atoms with Crippen LogP contribution in [-0.2, 0) is 14.3 Å². The number of rotatable bonds is 6. The van der Waals surface area contributed by atoms with Crippen molar-refractivity contribution in [3.8, 4) is 11.8 Å². The van der Waals surface area contributed by atoms with Gasteiger partial charge in [0.2, 0.25) is 5.82 Å². The van der Waals surface area contributed by atoms with Crippen LogP contribution in [0.3, 0.4) is 0 Å². The second-order valence-corrected chi connectivity index (χ2v) is 10.4. The Morgan fingerprint density at radius 1 is 1.15 bits per heavy atom. The molecular weight excluding hydrogens is 530 g/mol. The van der Waals surface area contributed by atoms with Crippen molar-refractivity contribution >= 4 is 29.0 Å². The topological polar surface area (TPSA) is 178 Å². The number of likely N-dealkylation sites (tertiary alicyclic amines) is 1. The molecule has 4 atom stereocenters. The van der Waals surface area contributed by atoms with Crippen molar-refractivity contribution in [1.29, 1.82) is 0 Å². The van der Waals surface area contributed by atoms with E-state index < -0.39 is 30.4 Å². The minimum atomic E-state index is -1.42. The van der Waals surface area contributed by atoms with E-state index in [-0.39, 0.29) is 23.4 Å². The third kappa shape index (κ3) is 6.89. The monoisotopic (exact) mass is 571 g/mol. The maximum absolute atomic E-state index is 12.3. The normalized spacial score (nSPS) is 24.6. The number of aliphatic hydroxyl groups is 2. The Balaban J connectivity index is 0.00000189. The molecule has 0 spiro atoms. The number of ether oxygens (including phenoxy) is 2. The fourth-order valence-electron chi connectivity index (χ4n) is 5.10. The SMILES string of the molecule is CC.CCNC(=O)[C@H]1O[C@@H](n2cnc3c(N)nc(C#CCC4CCN(C(=O)OCC5CCC5)CC4)nc32)C(O)[C@H]1O. The highest BCUT2D eigenvalue weighted by atomic mass is 16.6. The smallest absolute Gasteiger partial charge is 0.409 e. The molecule has 3 aliphatic rings. The summed E-state index contributed by atoms with van der Waals surface area (Å²) in [6, 6.07) is 0. The van der Waals surface area contributed by atoms with Gasteiger partial charge in [-0.3, -0.25) is 9.36 Å². The van der Waals surface area contributed by atoms with Crippen LogP contribution in [0.5, 0.6) is 0 Å². The van der Waals surface area contributed by atoms with Gasteiger partial charge in [0.15, 0.2) is 23.8 Å². The molecule has 13 heteroatoms. The number of amides is 2. The number of nitrogens with zero attached hydrogens (tertiary/aromatic N) is 5. The first-order valence-electron chi connectivity index (χ1n) is 14.6. The summed E-state index contributed by atoms with van der Waals surface area (Å²) in [6.07, 6.45) is 1.84. The van der Waals surface area contributed by atoms with Crippen LogP contribution in [0.1, 0.15) is 71.3 Å². The van der Waals surface area contributed by atoms with E-state index >= 15 is 0 Å². The fraction of sp³-hybridized carbons (Fsp3) is 0.679. The van der Waals surface area contributed by atoms with E-state index in [0.29, 0.717) is 50.0 Å². The largest absolute Gasteiger partial charge is 0.449 e. The summed E-state index contributed by atoms with van der Waals surface area (Å²) in [7, 11) is 0. The molecule has 2 aromatic heterocycles. The maximum Gasteiger partial charge on any atom is 0.409 e. The Morgan fingerprint density at radius 2 is 1.88 bits per heavy atom. The van der Waals surface area contributed by atoms with Gasteiger partial charge in [0.25, 0.3) is 5.91 Å². The fourth-order valence-corrected chi connectivity index (χ4v) is 5.10. The lowest BCUT2D eigenvalue weighted by molar-refractivity contribution is -0.137. The molecular formula is C28H41N7O6. The van der Waals surface area contributed by atoms with Gasteiger partial charge in [0.1, 0.15) is 17.7 Å². The molecule has 41 heavy (non-hydrogen) atoms. The number of carbonyl (C=O) groups excluding carboxylic acids is 2. The average Bonchev–Trinajstić information content (AvgIpc) is 3.50. The van der Waals surface area contributed by atoms with Crippen molar-refractivity contribution in [2.75, 3.05) is 32.0 Å². The van der Waals surface area contributed by atoms with Crippen LogP contribution in [0.15, 0.2) is 6.33 Å². The highest BCUT2D eigenvalue weighted by molar-refractivity contribution is 5.83.